The smallest absolute Gasteiger partial charge is 0.416 e. The Kier molecular flexibility index (Phi) is 7.53. The molecule has 0 radical (unpaired) electrons. The van der Waals surface area contributed by atoms with Crippen LogP contribution in [-0.2, 0) is 16.2 Å². The van der Waals surface area contributed by atoms with Gasteiger partial charge in [0.05, 0.1) is 21.7 Å². The third kappa shape index (κ3) is 5.12. The first-order chi connectivity index (χ1) is 17.5. The maximum atomic E-state index is 14.0. The summed E-state index contributed by atoms with van der Waals surface area (Å²) in [6.07, 6.45) is -3.93. The molecule has 0 aliphatic carbocycles. The van der Waals surface area contributed by atoms with Gasteiger partial charge in [-0.15, -0.1) is 0 Å². The first-order valence-electron chi connectivity index (χ1n) is 11.9. The first-order valence-corrected chi connectivity index (χ1v) is 13.4. The molecular formula is C27H26ClF3N3O3S-. The molecule has 6 nitrogen and oxygen atoms in total. The number of fused-ring (bicyclic) bond motifs is 3. The summed E-state index contributed by atoms with van der Waals surface area (Å²) in [5, 5.41) is 0. The lowest BCUT2D eigenvalue weighted by Gasteiger charge is -2.36. The summed E-state index contributed by atoms with van der Waals surface area (Å²) in [7, 11) is -2.35. The zero-order chi connectivity index (χ0) is 26.5. The summed E-state index contributed by atoms with van der Waals surface area (Å²) in [4.78, 5) is 17.4. The molecule has 3 aromatic carbocycles. The molecule has 3 aromatic rings. The lowest BCUT2D eigenvalue weighted by molar-refractivity contribution is -0.137. The third-order valence-corrected chi connectivity index (χ3v) is 8.41. The fraction of sp³-hybridized carbons (Fsp3) is 0.296. The van der Waals surface area contributed by atoms with Gasteiger partial charge in [0.15, 0.2) is 0 Å². The summed E-state index contributed by atoms with van der Waals surface area (Å²) in [6.45, 7) is 3.63. The predicted octanol–water partition coefficient (Wildman–Crippen LogP) is 2.27. The number of aryl methyl sites for hydroxylation is 1. The molecule has 1 saturated heterocycles. The zero-order valence-electron chi connectivity index (χ0n) is 20.7. The van der Waals surface area contributed by atoms with Crippen LogP contribution < -0.4 is 22.0 Å². The lowest BCUT2D eigenvalue weighted by atomic mass is 9.88. The quantitative estimate of drug-likeness (QED) is 0.528. The van der Waals surface area contributed by atoms with Gasteiger partial charge in [0.2, 0.25) is 0 Å². The van der Waals surface area contributed by atoms with E-state index >= 15 is 0 Å². The van der Waals surface area contributed by atoms with Crippen LogP contribution in [0.3, 0.4) is 0 Å². The van der Waals surface area contributed by atoms with Gasteiger partial charge in [-0.05, 0) is 68.9 Å². The molecule has 1 amide bonds. The van der Waals surface area contributed by atoms with Crippen molar-refractivity contribution >= 4 is 27.3 Å². The first kappa shape index (κ1) is 27.9. The number of nitrogens with one attached hydrogen (secondary N) is 1. The second-order valence-electron chi connectivity index (χ2n) is 9.64. The second kappa shape index (κ2) is 10.2. The van der Waals surface area contributed by atoms with Crippen molar-refractivity contribution in [3.63, 3.8) is 0 Å². The van der Waals surface area contributed by atoms with Gasteiger partial charge in [0, 0.05) is 24.2 Å². The van der Waals surface area contributed by atoms with E-state index in [4.69, 9.17) is 0 Å². The maximum absolute atomic E-state index is 14.0. The highest BCUT2D eigenvalue weighted by Gasteiger charge is 2.44. The molecule has 2 aliphatic heterocycles. The van der Waals surface area contributed by atoms with Gasteiger partial charge in [-0.2, -0.15) is 13.2 Å². The van der Waals surface area contributed by atoms with Gasteiger partial charge in [-0.1, -0.05) is 35.9 Å². The molecule has 202 valence electrons. The monoisotopic (exact) mass is 564 g/mol. The molecule has 1 N–H and O–H groups in total. The van der Waals surface area contributed by atoms with Crippen LogP contribution in [-0.4, -0.2) is 45.4 Å². The summed E-state index contributed by atoms with van der Waals surface area (Å²) >= 11 is 0. The third-order valence-electron chi connectivity index (χ3n) is 7.05. The van der Waals surface area contributed by atoms with E-state index < -0.39 is 26.7 Å². The lowest BCUT2D eigenvalue weighted by Crippen LogP contribution is -3.00. The second-order valence-corrected chi connectivity index (χ2v) is 11.3. The SMILES string of the molecule is Cc1ccc2c(c1)C1CN(C)CCC1N2C(=O)c1ccccc1NS(=O)(=O)c1cccc(C(F)(F)F)c1.[Cl-]. The minimum Gasteiger partial charge on any atom is -1.00 e. The Morgan fingerprint density at radius 1 is 1.03 bits per heavy atom. The molecule has 2 unspecified atom stereocenters. The van der Waals surface area contributed by atoms with Gasteiger partial charge in [0.25, 0.3) is 15.9 Å². The molecule has 0 spiro atoms. The molecule has 0 aromatic heterocycles. The summed E-state index contributed by atoms with van der Waals surface area (Å²) in [6, 6.07) is 15.6. The number of likely N-dealkylation sites (N-methyl/N-ethyl adjacent to an activating group) is 1. The normalized spacial score (nSPS) is 19.3. The van der Waals surface area contributed by atoms with E-state index in [9.17, 15) is 26.4 Å². The van der Waals surface area contributed by atoms with Crippen molar-refractivity contribution in [1.29, 1.82) is 0 Å². The number of carbonyl (C=O) groups excluding carboxylic acids is 1. The summed E-state index contributed by atoms with van der Waals surface area (Å²) < 4.78 is 68.0. The number of alkyl halides is 3. The molecule has 0 saturated carbocycles. The van der Waals surface area contributed by atoms with Crippen LogP contribution in [0.4, 0.5) is 24.5 Å². The Balaban J connectivity index is 0.00000336. The number of hydrogen-bond donors (Lipinski definition) is 1. The van der Waals surface area contributed by atoms with Crippen molar-refractivity contribution in [1.82, 2.24) is 4.90 Å². The number of piperidine rings is 1. The Labute approximate surface area is 225 Å². The molecule has 0 bridgehead atoms. The Hall–Kier alpha value is -3.08. The number of para-hydroxylation sites is 1. The highest BCUT2D eigenvalue weighted by Crippen LogP contribution is 2.46. The molecule has 11 heteroatoms. The number of likely N-dealkylation sites (tertiary alicyclic amines) is 1. The average Bonchev–Trinajstić information content (AvgIpc) is 3.16. The standard InChI is InChI=1S/C27H26F3N3O3S.ClH/c1-17-10-11-24-21(14-17)22-16-32(2)13-12-25(22)33(24)26(34)20-8-3-4-9-23(20)31-37(35,36)19-7-5-6-18(15-19)27(28,29)30;/h3-11,14-15,22,25,31H,12-13,16H2,1-2H3;1H/p-1. The number of sulfonamides is 1. The van der Waals surface area contributed by atoms with E-state index in [1.807, 2.05) is 26.1 Å². The van der Waals surface area contributed by atoms with Crippen molar-refractivity contribution < 1.29 is 38.8 Å². The van der Waals surface area contributed by atoms with E-state index in [1.165, 1.54) is 12.1 Å². The average molecular weight is 565 g/mol. The molecule has 2 heterocycles. The van der Waals surface area contributed by atoms with Crippen molar-refractivity contribution in [2.45, 2.75) is 36.4 Å². The van der Waals surface area contributed by atoms with Crippen LogP contribution in [0.5, 0.6) is 0 Å². The van der Waals surface area contributed by atoms with Gasteiger partial charge < -0.3 is 22.2 Å². The molecule has 38 heavy (non-hydrogen) atoms. The van der Waals surface area contributed by atoms with E-state index in [2.05, 4.69) is 15.7 Å². The van der Waals surface area contributed by atoms with Gasteiger partial charge >= 0.3 is 6.18 Å². The van der Waals surface area contributed by atoms with Crippen molar-refractivity contribution in [3.05, 3.63) is 89.0 Å². The van der Waals surface area contributed by atoms with E-state index in [-0.39, 0.29) is 41.5 Å². The Morgan fingerprint density at radius 3 is 2.50 bits per heavy atom. The van der Waals surface area contributed by atoms with Crippen molar-refractivity contribution in [3.8, 4) is 0 Å². The largest absolute Gasteiger partial charge is 1.00 e. The minimum atomic E-state index is -4.69. The van der Waals surface area contributed by atoms with Gasteiger partial charge in [0.1, 0.15) is 0 Å². The summed E-state index contributed by atoms with van der Waals surface area (Å²) in [5.41, 5.74) is 2.05. The minimum absolute atomic E-state index is 0. The summed E-state index contributed by atoms with van der Waals surface area (Å²) in [5.74, 6) is -0.226. The Bertz CT molecular complexity index is 1480. The van der Waals surface area contributed by atoms with Gasteiger partial charge in [-0.25, -0.2) is 8.42 Å². The van der Waals surface area contributed by atoms with E-state index in [0.717, 1.165) is 54.5 Å². The van der Waals surface area contributed by atoms with Crippen LogP contribution >= 0.6 is 0 Å². The van der Waals surface area contributed by atoms with Crippen LogP contribution in [0.15, 0.2) is 71.6 Å². The molecule has 2 atom stereocenters. The zero-order valence-corrected chi connectivity index (χ0v) is 22.2. The number of anilines is 2. The van der Waals surface area contributed by atoms with E-state index in [1.54, 1.807) is 17.0 Å². The van der Waals surface area contributed by atoms with Crippen molar-refractivity contribution in [2.75, 3.05) is 29.8 Å². The number of carbonyl (C=O) groups is 1. The number of rotatable bonds is 4. The topological polar surface area (TPSA) is 69.7 Å². The highest BCUT2D eigenvalue weighted by molar-refractivity contribution is 7.92. The maximum Gasteiger partial charge on any atom is 0.416 e. The van der Waals surface area contributed by atoms with Crippen LogP contribution in [0, 0.1) is 6.92 Å². The molecule has 5 rings (SSSR count). The molecular weight excluding hydrogens is 539 g/mol. The fourth-order valence-electron chi connectivity index (χ4n) is 5.28. The van der Waals surface area contributed by atoms with Crippen LogP contribution in [0.25, 0.3) is 0 Å². The number of halogens is 4. The Morgan fingerprint density at radius 2 is 1.76 bits per heavy atom. The number of nitrogens with zero attached hydrogens (tertiary/aromatic N) is 2. The molecule has 1 fully saturated rings. The highest BCUT2D eigenvalue weighted by atomic mass is 35.5. The predicted molar refractivity (Wildman–Crippen MR) is 135 cm³/mol. The van der Waals surface area contributed by atoms with Crippen molar-refractivity contribution in [2.24, 2.45) is 0 Å². The number of amides is 1. The number of hydrogen-bond acceptors (Lipinski definition) is 4. The van der Waals surface area contributed by atoms with Crippen LogP contribution in [0.2, 0.25) is 0 Å². The van der Waals surface area contributed by atoms with E-state index in [0.29, 0.717) is 6.07 Å². The molecule has 2 aliphatic rings. The van der Waals surface area contributed by atoms with Gasteiger partial charge in [-0.3, -0.25) is 9.52 Å². The number of benzene rings is 3. The van der Waals surface area contributed by atoms with Crippen LogP contribution in [0.1, 0.15) is 39.4 Å². The fourth-order valence-corrected chi connectivity index (χ4v) is 6.40.